The molecule has 7 nitrogen and oxygen atoms in total. The lowest BCUT2D eigenvalue weighted by atomic mass is 9.88. The van der Waals surface area contributed by atoms with Crippen molar-refractivity contribution in [3.63, 3.8) is 0 Å². The van der Waals surface area contributed by atoms with Gasteiger partial charge in [-0.15, -0.1) is 0 Å². The van der Waals surface area contributed by atoms with Crippen molar-refractivity contribution in [2.24, 2.45) is 7.05 Å². The number of nitro groups is 1. The predicted molar refractivity (Wildman–Crippen MR) is 119 cm³/mol. The number of amides is 2. The quantitative estimate of drug-likeness (QED) is 0.385. The average molecular weight is 415 g/mol. The molecule has 156 valence electrons. The highest BCUT2D eigenvalue weighted by atomic mass is 16.6. The minimum Gasteiger partial charge on any atom is -0.350 e. The fraction of sp³-hybridized carbons (Fsp3) is 0.167. The summed E-state index contributed by atoms with van der Waals surface area (Å²) in [5.74, 6) is -0.919. The van der Waals surface area contributed by atoms with E-state index >= 15 is 0 Å². The number of carbonyl (C=O) groups is 2. The Morgan fingerprint density at radius 1 is 1.16 bits per heavy atom. The smallest absolute Gasteiger partial charge is 0.271 e. The lowest BCUT2D eigenvalue weighted by Crippen LogP contribution is -2.23. The molecule has 0 fully saturated rings. The molecule has 1 N–H and O–H groups in total. The molecule has 0 spiro atoms. The van der Waals surface area contributed by atoms with E-state index in [1.807, 2.05) is 44.2 Å². The number of rotatable bonds is 5. The average Bonchev–Trinajstić information content (AvgIpc) is 3.24. The van der Waals surface area contributed by atoms with E-state index in [1.165, 1.54) is 12.1 Å². The van der Waals surface area contributed by atoms with Crippen LogP contribution >= 0.6 is 0 Å². The molecule has 0 aliphatic carbocycles. The van der Waals surface area contributed by atoms with Gasteiger partial charge < -0.3 is 4.57 Å². The number of hydrogen-bond donors (Lipinski definition) is 1. The third-order valence-corrected chi connectivity index (χ3v) is 5.63. The zero-order valence-corrected chi connectivity index (χ0v) is 17.4. The van der Waals surface area contributed by atoms with Gasteiger partial charge in [0.15, 0.2) is 0 Å². The van der Waals surface area contributed by atoms with Crippen LogP contribution in [0.5, 0.6) is 0 Å². The highest BCUT2D eigenvalue weighted by Crippen LogP contribution is 2.39. The van der Waals surface area contributed by atoms with Crippen molar-refractivity contribution in [1.29, 1.82) is 0 Å². The molecule has 2 amide bonds. The van der Waals surface area contributed by atoms with Gasteiger partial charge in [-0.1, -0.05) is 37.3 Å². The van der Waals surface area contributed by atoms with Crippen molar-refractivity contribution in [3.05, 3.63) is 87.1 Å². The van der Waals surface area contributed by atoms with Crippen molar-refractivity contribution in [1.82, 2.24) is 9.88 Å². The van der Waals surface area contributed by atoms with Gasteiger partial charge in [-0.05, 0) is 36.1 Å². The summed E-state index contributed by atoms with van der Waals surface area (Å²) in [5, 5.41) is 14.3. The zero-order valence-electron chi connectivity index (χ0n) is 17.4. The van der Waals surface area contributed by atoms with Crippen molar-refractivity contribution in [2.45, 2.75) is 20.3 Å². The minimum absolute atomic E-state index is 0.0348. The van der Waals surface area contributed by atoms with Crippen LogP contribution in [0, 0.1) is 10.1 Å². The molecule has 0 saturated carbocycles. The molecule has 0 saturated heterocycles. The Balaban J connectivity index is 2.00. The second-order valence-electron chi connectivity index (χ2n) is 7.36. The molecule has 0 radical (unpaired) electrons. The van der Waals surface area contributed by atoms with Crippen molar-refractivity contribution < 1.29 is 14.5 Å². The van der Waals surface area contributed by atoms with Crippen LogP contribution in [0.25, 0.3) is 22.0 Å². The summed E-state index contributed by atoms with van der Waals surface area (Å²) in [7, 11) is 1.76. The Hall–Kier alpha value is -4.00. The van der Waals surface area contributed by atoms with Crippen molar-refractivity contribution in [2.75, 3.05) is 0 Å². The Kier molecular flexibility index (Phi) is 5.02. The standard InChI is InChI=1S/C24H21N3O4/c1-4-14-8-6-7-9-17(14)16(5-2)21-22(24(29)25-23(21)28)19-13-26(3)20-12-15(27(30)31)10-11-18(19)20/h5-13H,4H2,1-3H3,(H,25,28,29)/b16-5+. The molecule has 1 aliphatic rings. The van der Waals surface area contributed by atoms with Crippen molar-refractivity contribution in [3.8, 4) is 0 Å². The largest absolute Gasteiger partial charge is 0.350 e. The molecule has 1 aromatic heterocycles. The summed E-state index contributed by atoms with van der Waals surface area (Å²) >= 11 is 0. The number of non-ortho nitro benzene ring substituents is 1. The number of nitrogens with zero attached hydrogens (tertiary/aromatic N) is 2. The number of nitro benzene ring substituents is 1. The summed E-state index contributed by atoms with van der Waals surface area (Å²) in [6.07, 6.45) is 4.36. The number of benzene rings is 2. The first-order valence-electron chi connectivity index (χ1n) is 9.96. The fourth-order valence-corrected chi connectivity index (χ4v) is 4.18. The maximum atomic E-state index is 12.9. The molecule has 2 heterocycles. The molecule has 2 aromatic carbocycles. The molecule has 7 heteroatoms. The SMILES string of the molecule is C/C=C(/C1=C(c2cn(C)c3cc([N+](=O)[O-])ccc23)C(=O)NC1=O)c1ccccc1CC. The molecule has 4 rings (SSSR count). The van der Waals surface area contributed by atoms with Crippen molar-refractivity contribution >= 4 is 39.6 Å². The molecule has 3 aromatic rings. The van der Waals surface area contributed by atoms with Crippen LogP contribution in [0.15, 0.2) is 60.3 Å². The number of allylic oxidation sites excluding steroid dienone is 1. The van der Waals surface area contributed by atoms with E-state index in [0.717, 1.165) is 17.5 Å². The predicted octanol–water partition coefficient (Wildman–Crippen LogP) is 4.16. The van der Waals surface area contributed by atoms with E-state index in [2.05, 4.69) is 5.32 Å². The Morgan fingerprint density at radius 3 is 2.58 bits per heavy atom. The van der Waals surface area contributed by atoms with Gasteiger partial charge in [0.2, 0.25) is 0 Å². The number of nitrogens with one attached hydrogen (secondary N) is 1. The molecule has 31 heavy (non-hydrogen) atoms. The fourth-order valence-electron chi connectivity index (χ4n) is 4.18. The summed E-state index contributed by atoms with van der Waals surface area (Å²) in [6, 6.07) is 12.3. The van der Waals surface area contributed by atoms with Crippen LogP contribution in [0.1, 0.15) is 30.5 Å². The molecule has 0 atom stereocenters. The number of aryl methyl sites for hydroxylation is 2. The van der Waals surface area contributed by atoms with Gasteiger partial charge in [0, 0.05) is 36.3 Å². The monoisotopic (exact) mass is 415 g/mol. The van der Waals surface area contributed by atoms with Gasteiger partial charge in [0.05, 0.1) is 21.6 Å². The van der Waals surface area contributed by atoms with E-state index in [9.17, 15) is 19.7 Å². The number of carbonyl (C=O) groups excluding carboxylic acids is 2. The first-order chi connectivity index (χ1) is 14.9. The number of imide groups is 1. The maximum absolute atomic E-state index is 12.9. The first kappa shape index (κ1) is 20.3. The minimum atomic E-state index is -0.473. The van der Waals surface area contributed by atoms with Crippen LogP contribution in [0.2, 0.25) is 0 Å². The molecule has 0 unspecified atom stereocenters. The number of aromatic nitrogens is 1. The maximum Gasteiger partial charge on any atom is 0.271 e. The van der Waals surface area contributed by atoms with Crippen LogP contribution in [0.3, 0.4) is 0 Å². The third kappa shape index (κ3) is 3.24. The van der Waals surface area contributed by atoms with Gasteiger partial charge in [0.1, 0.15) is 0 Å². The lowest BCUT2D eigenvalue weighted by molar-refractivity contribution is -0.384. The number of hydrogen-bond acceptors (Lipinski definition) is 4. The normalized spacial score (nSPS) is 14.5. The van der Waals surface area contributed by atoms with Gasteiger partial charge in [-0.2, -0.15) is 0 Å². The van der Waals surface area contributed by atoms with E-state index in [1.54, 1.807) is 23.9 Å². The van der Waals surface area contributed by atoms with Gasteiger partial charge >= 0.3 is 0 Å². The zero-order chi connectivity index (χ0) is 22.3. The second kappa shape index (κ2) is 7.68. The Morgan fingerprint density at radius 2 is 1.90 bits per heavy atom. The highest BCUT2D eigenvalue weighted by molar-refractivity contribution is 6.41. The Bertz CT molecular complexity index is 1330. The summed E-state index contributed by atoms with van der Waals surface area (Å²) in [4.78, 5) is 36.5. The highest BCUT2D eigenvalue weighted by Gasteiger charge is 2.35. The lowest BCUT2D eigenvalue weighted by Gasteiger charge is -2.13. The molecular formula is C24H21N3O4. The molecule has 0 bridgehead atoms. The van der Waals surface area contributed by atoms with E-state index < -0.39 is 16.7 Å². The van der Waals surface area contributed by atoms with E-state index in [0.29, 0.717) is 27.6 Å². The van der Waals surface area contributed by atoms with Crippen LogP contribution in [0.4, 0.5) is 5.69 Å². The van der Waals surface area contributed by atoms with Gasteiger partial charge in [0.25, 0.3) is 17.5 Å². The Labute approximate surface area is 178 Å². The van der Waals surface area contributed by atoms with E-state index in [-0.39, 0.29) is 11.3 Å². The number of fused-ring (bicyclic) bond motifs is 1. The van der Waals surface area contributed by atoms with Crippen LogP contribution < -0.4 is 5.32 Å². The van der Waals surface area contributed by atoms with Crippen LogP contribution in [-0.4, -0.2) is 21.3 Å². The summed E-state index contributed by atoms with van der Waals surface area (Å²) in [5.41, 5.74) is 4.41. The topological polar surface area (TPSA) is 94.2 Å². The second-order valence-corrected chi connectivity index (χ2v) is 7.36. The summed E-state index contributed by atoms with van der Waals surface area (Å²) in [6.45, 7) is 3.88. The van der Waals surface area contributed by atoms with E-state index in [4.69, 9.17) is 0 Å². The van der Waals surface area contributed by atoms with Crippen LogP contribution in [-0.2, 0) is 23.1 Å². The summed E-state index contributed by atoms with van der Waals surface area (Å²) < 4.78 is 1.73. The van der Waals surface area contributed by atoms with Gasteiger partial charge in [-0.25, -0.2) is 0 Å². The first-order valence-corrected chi connectivity index (χ1v) is 9.96. The molecule has 1 aliphatic heterocycles. The van der Waals surface area contributed by atoms with Gasteiger partial charge in [-0.3, -0.25) is 25.0 Å². The molecular weight excluding hydrogens is 394 g/mol. The third-order valence-electron chi connectivity index (χ3n) is 5.63.